The zero-order chi connectivity index (χ0) is 22.1. The molecule has 30 heavy (non-hydrogen) atoms. The molecular weight excluding hydrogens is 427 g/mol. The molecule has 0 bridgehead atoms. The summed E-state index contributed by atoms with van der Waals surface area (Å²) in [6, 6.07) is 8.22. The van der Waals surface area contributed by atoms with E-state index in [0.29, 0.717) is 11.3 Å². The van der Waals surface area contributed by atoms with Crippen LogP contribution in [0.25, 0.3) is 11.3 Å². The summed E-state index contributed by atoms with van der Waals surface area (Å²) in [4.78, 5) is 13.6. The topological polar surface area (TPSA) is 68.6 Å². The molecule has 0 aliphatic rings. The van der Waals surface area contributed by atoms with Crippen LogP contribution in [0.5, 0.6) is 0 Å². The first-order valence-corrected chi connectivity index (χ1v) is 11.5. The number of thiophene rings is 1. The summed E-state index contributed by atoms with van der Waals surface area (Å²) in [5.41, 5.74) is 1.19. The van der Waals surface area contributed by atoms with Gasteiger partial charge in [0.15, 0.2) is 0 Å². The van der Waals surface area contributed by atoms with E-state index < -0.39 is 27.5 Å². The lowest BCUT2D eigenvalue weighted by Gasteiger charge is -2.24. The van der Waals surface area contributed by atoms with Crippen LogP contribution in [0.3, 0.4) is 0 Å². The number of aromatic nitrogens is 1. The second-order valence-corrected chi connectivity index (χ2v) is 10.4. The van der Waals surface area contributed by atoms with Crippen molar-refractivity contribution in [3.05, 3.63) is 64.7 Å². The van der Waals surface area contributed by atoms with Crippen molar-refractivity contribution in [2.75, 3.05) is 7.05 Å². The van der Waals surface area contributed by atoms with E-state index >= 15 is 0 Å². The maximum atomic E-state index is 13.3. The van der Waals surface area contributed by atoms with Gasteiger partial charge < -0.3 is 9.64 Å². The molecule has 160 valence electrons. The SMILES string of the molecule is CN(Cc1cc(-c2ccsc2)n(S(=O)(=O)c2ccc(F)cc2)c1)C(=O)OC(C)(C)C. The van der Waals surface area contributed by atoms with Gasteiger partial charge in [-0.1, -0.05) is 0 Å². The van der Waals surface area contributed by atoms with E-state index in [0.717, 1.165) is 17.7 Å². The Kier molecular flexibility index (Phi) is 6.05. The van der Waals surface area contributed by atoms with Crippen molar-refractivity contribution in [3.63, 3.8) is 0 Å². The first kappa shape index (κ1) is 22.0. The first-order valence-electron chi connectivity index (χ1n) is 9.16. The molecule has 2 aromatic heterocycles. The fourth-order valence-corrected chi connectivity index (χ4v) is 4.85. The molecule has 0 saturated heterocycles. The summed E-state index contributed by atoms with van der Waals surface area (Å²) in [5.74, 6) is -0.515. The third-order valence-corrected chi connectivity index (χ3v) is 6.53. The van der Waals surface area contributed by atoms with E-state index in [4.69, 9.17) is 4.74 Å². The van der Waals surface area contributed by atoms with Gasteiger partial charge in [0.1, 0.15) is 11.4 Å². The van der Waals surface area contributed by atoms with Crippen molar-refractivity contribution < 1.29 is 22.3 Å². The number of hydrogen-bond acceptors (Lipinski definition) is 5. The Hall–Kier alpha value is -2.65. The minimum absolute atomic E-state index is 0.0250. The Morgan fingerprint density at radius 2 is 1.87 bits per heavy atom. The summed E-state index contributed by atoms with van der Waals surface area (Å²) < 4.78 is 46.2. The Balaban J connectivity index is 1.98. The number of carbonyl (C=O) groups excluding carboxylic acids is 1. The highest BCUT2D eigenvalue weighted by Gasteiger charge is 2.24. The van der Waals surface area contributed by atoms with E-state index in [-0.39, 0.29) is 11.4 Å². The standard InChI is InChI=1S/C21H23FN2O4S2/c1-21(2,3)28-20(25)23(4)12-15-11-19(16-9-10-29-14-16)24(13-15)30(26,27)18-7-5-17(22)6-8-18/h5-11,13-14H,12H2,1-4H3. The molecule has 0 spiro atoms. The zero-order valence-corrected chi connectivity index (χ0v) is 18.8. The third-order valence-electron chi connectivity index (χ3n) is 4.15. The van der Waals surface area contributed by atoms with Crippen LogP contribution in [-0.4, -0.2) is 36.0 Å². The van der Waals surface area contributed by atoms with Crippen molar-refractivity contribution >= 4 is 27.5 Å². The second-order valence-electron chi connectivity index (χ2n) is 7.84. The van der Waals surface area contributed by atoms with Gasteiger partial charge >= 0.3 is 6.09 Å². The molecule has 2 heterocycles. The van der Waals surface area contributed by atoms with Crippen LogP contribution in [-0.2, 0) is 21.3 Å². The molecule has 1 amide bonds. The zero-order valence-electron chi connectivity index (χ0n) is 17.1. The van der Waals surface area contributed by atoms with Crippen molar-refractivity contribution in [1.82, 2.24) is 8.87 Å². The molecule has 0 aliphatic carbocycles. The van der Waals surface area contributed by atoms with Gasteiger partial charge in [0, 0.05) is 24.2 Å². The predicted octanol–water partition coefficient (Wildman–Crippen LogP) is 4.96. The maximum absolute atomic E-state index is 13.3. The van der Waals surface area contributed by atoms with E-state index in [2.05, 4.69) is 0 Å². The summed E-state index contributed by atoms with van der Waals surface area (Å²) in [7, 11) is -2.37. The fraction of sp³-hybridized carbons (Fsp3) is 0.286. The van der Waals surface area contributed by atoms with Crippen LogP contribution in [0.4, 0.5) is 9.18 Å². The van der Waals surface area contributed by atoms with Crippen LogP contribution in [0.2, 0.25) is 0 Å². The number of carbonyl (C=O) groups is 1. The van der Waals surface area contributed by atoms with Gasteiger partial charge in [0.2, 0.25) is 0 Å². The van der Waals surface area contributed by atoms with Gasteiger partial charge in [-0.3, -0.25) is 0 Å². The number of hydrogen-bond donors (Lipinski definition) is 0. The Labute approximate surface area is 179 Å². The number of halogens is 1. The summed E-state index contributed by atoms with van der Waals surface area (Å²) in [6.45, 7) is 5.50. The molecule has 9 heteroatoms. The molecule has 0 unspecified atom stereocenters. The number of ether oxygens (including phenoxy) is 1. The molecule has 0 N–H and O–H groups in total. The molecule has 0 radical (unpaired) electrons. The lowest BCUT2D eigenvalue weighted by molar-refractivity contribution is 0.0285. The Bertz CT molecular complexity index is 1130. The molecule has 0 fully saturated rings. The fourth-order valence-electron chi connectivity index (χ4n) is 2.80. The Morgan fingerprint density at radius 1 is 1.20 bits per heavy atom. The van der Waals surface area contributed by atoms with Gasteiger partial charge in [-0.2, -0.15) is 11.3 Å². The highest BCUT2D eigenvalue weighted by Crippen LogP contribution is 2.29. The molecular formula is C21H23FN2O4S2. The van der Waals surface area contributed by atoms with Gasteiger partial charge in [-0.05, 0) is 68.1 Å². The summed E-state index contributed by atoms with van der Waals surface area (Å²) in [5, 5.41) is 3.69. The normalized spacial score (nSPS) is 12.0. The molecule has 0 saturated carbocycles. The van der Waals surface area contributed by atoms with Crippen molar-refractivity contribution in [3.8, 4) is 11.3 Å². The number of amides is 1. The van der Waals surface area contributed by atoms with Crippen LogP contribution in [0.15, 0.2) is 58.3 Å². The van der Waals surface area contributed by atoms with E-state index in [1.165, 1.54) is 38.5 Å². The average molecular weight is 451 g/mol. The van der Waals surface area contributed by atoms with Crippen LogP contribution >= 0.6 is 11.3 Å². The van der Waals surface area contributed by atoms with E-state index in [9.17, 15) is 17.6 Å². The van der Waals surface area contributed by atoms with Crippen LogP contribution in [0, 0.1) is 5.82 Å². The predicted molar refractivity (Wildman–Crippen MR) is 114 cm³/mol. The largest absolute Gasteiger partial charge is 0.444 e. The minimum atomic E-state index is -3.96. The molecule has 6 nitrogen and oxygen atoms in total. The highest BCUT2D eigenvalue weighted by atomic mass is 32.2. The van der Waals surface area contributed by atoms with Crippen molar-refractivity contribution in [2.24, 2.45) is 0 Å². The first-order chi connectivity index (χ1) is 14.0. The number of rotatable bonds is 5. The molecule has 3 aromatic rings. The molecule has 0 aliphatic heterocycles. The summed E-state index contributed by atoms with van der Waals surface area (Å²) in [6.07, 6.45) is 0.973. The molecule has 1 aromatic carbocycles. The van der Waals surface area contributed by atoms with Crippen molar-refractivity contribution in [2.45, 2.75) is 37.8 Å². The quantitative estimate of drug-likeness (QED) is 0.551. The lowest BCUT2D eigenvalue weighted by atomic mass is 10.2. The van der Waals surface area contributed by atoms with Gasteiger partial charge in [0.05, 0.1) is 17.1 Å². The number of benzene rings is 1. The third kappa shape index (κ3) is 4.91. The van der Waals surface area contributed by atoms with Crippen molar-refractivity contribution in [1.29, 1.82) is 0 Å². The highest BCUT2D eigenvalue weighted by molar-refractivity contribution is 7.90. The molecule has 3 rings (SSSR count). The monoisotopic (exact) mass is 450 g/mol. The van der Waals surface area contributed by atoms with Crippen LogP contribution in [0.1, 0.15) is 26.3 Å². The van der Waals surface area contributed by atoms with E-state index in [1.54, 1.807) is 33.9 Å². The smallest absolute Gasteiger partial charge is 0.410 e. The lowest BCUT2D eigenvalue weighted by Crippen LogP contribution is -2.33. The summed E-state index contributed by atoms with van der Waals surface area (Å²) >= 11 is 1.44. The second kappa shape index (κ2) is 8.23. The number of nitrogens with zero attached hydrogens (tertiary/aromatic N) is 2. The maximum Gasteiger partial charge on any atom is 0.410 e. The van der Waals surface area contributed by atoms with Crippen LogP contribution < -0.4 is 0 Å². The minimum Gasteiger partial charge on any atom is -0.444 e. The van der Waals surface area contributed by atoms with Gasteiger partial charge in [-0.25, -0.2) is 21.6 Å². The Morgan fingerprint density at radius 3 is 2.43 bits per heavy atom. The average Bonchev–Trinajstić information content (AvgIpc) is 3.30. The van der Waals surface area contributed by atoms with E-state index in [1.807, 2.05) is 16.8 Å². The van der Waals surface area contributed by atoms with Gasteiger partial charge in [-0.15, -0.1) is 0 Å². The molecule has 0 atom stereocenters. The van der Waals surface area contributed by atoms with Gasteiger partial charge in [0.25, 0.3) is 10.0 Å².